The predicted molar refractivity (Wildman–Crippen MR) is 39.6 cm³/mol. The standard InChI is InChI=1S/C5H5BrN2O4/c1-2-10-5(9)11-4-7-3(6)8-12-4/h2H2,1H3. The molecule has 7 heteroatoms. The van der Waals surface area contributed by atoms with Gasteiger partial charge in [-0.15, -0.1) is 4.98 Å². The predicted octanol–water partition coefficient (Wildman–Crippen LogP) is 1.37. The van der Waals surface area contributed by atoms with Crippen LogP contribution in [0, 0.1) is 0 Å². The number of ether oxygens (including phenoxy) is 2. The highest BCUT2D eigenvalue weighted by Gasteiger charge is 2.10. The zero-order valence-corrected chi connectivity index (χ0v) is 7.70. The summed E-state index contributed by atoms with van der Waals surface area (Å²) in [5.41, 5.74) is 0. The van der Waals surface area contributed by atoms with Crippen LogP contribution in [0.5, 0.6) is 6.08 Å². The summed E-state index contributed by atoms with van der Waals surface area (Å²) in [6, 6.07) is 0. The number of hydrogen-bond acceptors (Lipinski definition) is 6. The van der Waals surface area contributed by atoms with Gasteiger partial charge in [-0.25, -0.2) is 4.79 Å². The first-order valence-electron chi connectivity index (χ1n) is 3.06. The molecule has 12 heavy (non-hydrogen) atoms. The molecule has 0 radical (unpaired) electrons. The molecule has 0 aliphatic carbocycles. The van der Waals surface area contributed by atoms with Gasteiger partial charge in [-0.05, 0) is 28.0 Å². The Morgan fingerprint density at radius 3 is 3.00 bits per heavy atom. The highest BCUT2D eigenvalue weighted by molar-refractivity contribution is 9.10. The topological polar surface area (TPSA) is 74.5 Å². The average Bonchev–Trinajstić information content (AvgIpc) is 2.36. The van der Waals surface area contributed by atoms with E-state index in [2.05, 4.69) is 40.1 Å². The van der Waals surface area contributed by atoms with Crippen LogP contribution in [-0.4, -0.2) is 22.9 Å². The van der Waals surface area contributed by atoms with E-state index in [0.29, 0.717) is 0 Å². The Labute approximate surface area is 76.0 Å². The Bertz CT molecular complexity index is 274. The number of halogens is 1. The third kappa shape index (κ3) is 2.50. The largest absolute Gasteiger partial charge is 0.517 e. The van der Waals surface area contributed by atoms with Crippen LogP contribution < -0.4 is 4.74 Å². The van der Waals surface area contributed by atoms with E-state index in [-0.39, 0.29) is 17.4 Å². The summed E-state index contributed by atoms with van der Waals surface area (Å²) in [6.45, 7) is 1.89. The van der Waals surface area contributed by atoms with Crippen molar-refractivity contribution in [1.29, 1.82) is 0 Å². The molecule has 0 saturated carbocycles. The lowest BCUT2D eigenvalue weighted by Crippen LogP contribution is -2.10. The highest BCUT2D eigenvalue weighted by Crippen LogP contribution is 2.10. The number of rotatable bonds is 2. The van der Waals surface area contributed by atoms with Crippen molar-refractivity contribution < 1.29 is 18.8 Å². The van der Waals surface area contributed by atoms with Crippen molar-refractivity contribution in [3.8, 4) is 6.08 Å². The smallest absolute Gasteiger partial charge is 0.434 e. The molecule has 0 spiro atoms. The van der Waals surface area contributed by atoms with Gasteiger partial charge in [-0.1, -0.05) is 0 Å². The van der Waals surface area contributed by atoms with Crippen molar-refractivity contribution >= 4 is 22.1 Å². The summed E-state index contributed by atoms with van der Waals surface area (Å²) < 4.78 is 13.6. The molecule has 1 aromatic heterocycles. The van der Waals surface area contributed by atoms with E-state index in [4.69, 9.17) is 0 Å². The summed E-state index contributed by atoms with van der Waals surface area (Å²) in [5, 5.41) is 3.33. The van der Waals surface area contributed by atoms with Crippen LogP contribution in [0.1, 0.15) is 6.92 Å². The van der Waals surface area contributed by atoms with E-state index >= 15 is 0 Å². The summed E-state index contributed by atoms with van der Waals surface area (Å²) in [7, 11) is 0. The van der Waals surface area contributed by atoms with Gasteiger partial charge in [0.2, 0.25) is 4.73 Å². The third-order valence-electron chi connectivity index (χ3n) is 0.815. The Morgan fingerprint density at radius 1 is 1.75 bits per heavy atom. The SMILES string of the molecule is CCOC(=O)Oc1nc(Br)no1. The molecule has 0 unspecified atom stereocenters. The first-order chi connectivity index (χ1) is 5.72. The Kier molecular flexibility index (Phi) is 3.03. The maximum Gasteiger partial charge on any atom is 0.517 e. The monoisotopic (exact) mass is 236 g/mol. The molecular formula is C5H5BrN2O4. The first kappa shape index (κ1) is 8.98. The normalized spacial score (nSPS) is 9.50. The van der Waals surface area contributed by atoms with E-state index in [1.807, 2.05) is 0 Å². The van der Waals surface area contributed by atoms with Crippen molar-refractivity contribution in [3.05, 3.63) is 4.73 Å². The Balaban J connectivity index is 2.46. The summed E-state index contributed by atoms with van der Waals surface area (Å²) >= 11 is 2.91. The number of carbonyl (C=O) groups is 1. The third-order valence-corrected chi connectivity index (χ3v) is 1.14. The molecule has 1 rings (SSSR count). The molecular weight excluding hydrogens is 232 g/mol. The molecule has 0 atom stereocenters. The summed E-state index contributed by atoms with van der Waals surface area (Å²) in [6.07, 6.45) is -1.12. The average molecular weight is 237 g/mol. The number of aromatic nitrogens is 2. The van der Waals surface area contributed by atoms with E-state index in [9.17, 15) is 4.79 Å². The van der Waals surface area contributed by atoms with Gasteiger partial charge in [0, 0.05) is 0 Å². The van der Waals surface area contributed by atoms with Gasteiger partial charge in [0.05, 0.1) is 6.61 Å². The minimum absolute atomic E-state index is 0.210. The Morgan fingerprint density at radius 2 is 2.50 bits per heavy atom. The molecule has 0 bridgehead atoms. The van der Waals surface area contributed by atoms with Gasteiger partial charge >= 0.3 is 12.2 Å². The Hall–Kier alpha value is -1.11. The van der Waals surface area contributed by atoms with Crippen LogP contribution in [-0.2, 0) is 4.74 Å². The molecule has 1 aromatic rings. The molecule has 0 fully saturated rings. The minimum Gasteiger partial charge on any atom is -0.434 e. The van der Waals surface area contributed by atoms with E-state index in [1.165, 1.54) is 0 Å². The van der Waals surface area contributed by atoms with Gasteiger partial charge in [0.15, 0.2) is 0 Å². The quantitative estimate of drug-likeness (QED) is 0.723. The van der Waals surface area contributed by atoms with Crippen LogP contribution in [0.4, 0.5) is 4.79 Å². The molecule has 0 aliphatic rings. The summed E-state index contributed by atoms with van der Waals surface area (Å²) in [4.78, 5) is 14.2. The van der Waals surface area contributed by atoms with Crippen LogP contribution in [0.3, 0.4) is 0 Å². The number of hydrogen-bond donors (Lipinski definition) is 0. The fraction of sp³-hybridized carbons (Fsp3) is 0.400. The van der Waals surface area contributed by atoms with Crippen molar-refractivity contribution in [2.45, 2.75) is 6.92 Å². The lowest BCUT2D eigenvalue weighted by Gasteiger charge is -1.96. The minimum atomic E-state index is -0.867. The maximum atomic E-state index is 10.6. The lowest BCUT2D eigenvalue weighted by molar-refractivity contribution is 0.0892. The van der Waals surface area contributed by atoms with Crippen molar-refractivity contribution in [3.63, 3.8) is 0 Å². The molecule has 0 aliphatic heterocycles. The zero-order chi connectivity index (χ0) is 8.97. The second kappa shape index (κ2) is 4.05. The molecule has 1 heterocycles. The molecule has 0 aromatic carbocycles. The van der Waals surface area contributed by atoms with Crippen LogP contribution in [0.2, 0.25) is 0 Å². The van der Waals surface area contributed by atoms with Gasteiger partial charge in [-0.2, -0.15) is 0 Å². The molecule has 0 amide bonds. The highest BCUT2D eigenvalue weighted by atomic mass is 79.9. The van der Waals surface area contributed by atoms with E-state index in [0.717, 1.165) is 0 Å². The fourth-order valence-corrected chi connectivity index (χ4v) is 0.670. The van der Waals surface area contributed by atoms with E-state index in [1.54, 1.807) is 6.92 Å². The van der Waals surface area contributed by atoms with Crippen LogP contribution in [0.25, 0.3) is 0 Å². The molecule has 0 saturated heterocycles. The second-order valence-electron chi connectivity index (χ2n) is 1.61. The zero-order valence-electron chi connectivity index (χ0n) is 6.11. The maximum absolute atomic E-state index is 10.6. The fourth-order valence-electron chi connectivity index (χ4n) is 0.453. The molecule has 66 valence electrons. The lowest BCUT2D eigenvalue weighted by atomic mass is 10.9. The van der Waals surface area contributed by atoms with Gasteiger partial charge in [0.1, 0.15) is 0 Å². The first-order valence-corrected chi connectivity index (χ1v) is 3.85. The van der Waals surface area contributed by atoms with Gasteiger partial charge < -0.3 is 9.47 Å². The summed E-state index contributed by atoms with van der Waals surface area (Å²) in [5.74, 6) is 0. The number of nitrogens with zero attached hydrogens (tertiary/aromatic N) is 2. The van der Waals surface area contributed by atoms with Crippen molar-refractivity contribution in [2.75, 3.05) is 6.61 Å². The number of carbonyl (C=O) groups excluding carboxylic acids is 1. The molecule has 0 N–H and O–H groups in total. The van der Waals surface area contributed by atoms with Gasteiger partial charge in [0.25, 0.3) is 0 Å². The second-order valence-corrected chi connectivity index (χ2v) is 2.32. The van der Waals surface area contributed by atoms with Crippen molar-refractivity contribution in [2.24, 2.45) is 0 Å². The van der Waals surface area contributed by atoms with Gasteiger partial charge in [-0.3, -0.25) is 4.52 Å². The van der Waals surface area contributed by atoms with E-state index < -0.39 is 6.16 Å². The van der Waals surface area contributed by atoms with Crippen LogP contribution >= 0.6 is 15.9 Å². The van der Waals surface area contributed by atoms with Crippen molar-refractivity contribution in [1.82, 2.24) is 10.1 Å². The molecule has 6 nitrogen and oxygen atoms in total. The van der Waals surface area contributed by atoms with Crippen LogP contribution in [0.15, 0.2) is 9.26 Å².